The van der Waals surface area contributed by atoms with Crippen molar-refractivity contribution in [2.75, 3.05) is 6.61 Å². The Morgan fingerprint density at radius 1 is 1.82 bits per heavy atom. The molecule has 0 rings (SSSR count). The molecule has 0 heterocycles. The molecule has 0 aliphatic carbocycles. The van der Waals surface area contributed by atoms with Gasteiger partial charge in [-0.1, -0.05) is 6.92 Å². The van der Waals surface area contributed by atoms with Crippen molar-refractivity contribution in [2.24, 2.45) is 4.99 Å². The molecule has 0 aliphatic rings. The predicted molar refractivity (Wildman–Crippen MR) is 45.7 cm³/mol. The summed E-state index contributed by atoms with van der Waals surface area (Å²) in [6, 6.07) is -0.515. The van der Waals surface area contributed by atoms with E-state index in [9.17, 15) is 4.79 Å². The van der Waals surface area contributed by atoms with Gasteiger partial charge in [-0.2, -0.15) is 0 Å². The Hall–Kier alpha value is -0.730. The van der Waals surface area contributed by atoms with Gasteiger partial charge in [0.05, 0.1) is 11.8 Å². The number of esters is 1. The highest BCUT2D eigenvalue weighted by molar-refractivity contribution is 7.78. The Kier molecular flexibility index (Phi) is 5.61. The van der Waals surface area contributed by atoms with Gasteiger partial charge in [0.15, 0.2) is 6.04 Å². The Balaban J connectivity index is 3.73. The molecule has 0 aromatic rings. The number of rotatable bonds is 4. The van der Waals surface area contributed by atoms with Gasteiger partial charge in [0.1, 0.15) is 0 Å². The van der Waals surface area contributed by atoms with Gasteiger partial charge in [-0.25, -0.2) is 9.79 Å². The first-order valence-corrected chi connectivity index (χ1v) is 3.86. The van der Waals surface area contributed by atoms with E-state index in [0.717, 1.165) is 6.42 Å². The number of hydrogen-bond acceptors (Lipinski definition) is 4. The average molecular weight is 173 g/mol. The summed E-state index contributed by atoms with van der Waals surface area (Å²) < 4.78 is 4.79. The minimum absolute atomic E-state index is 0.343. The second-order valence-electron chi connectivity index (χ2n) is 2.06. The third-order valence-electron chi connectivity index (χ3n) is 1.04. The third-order valence-corrected chi connectivity index (χ3v) is 1.14. The summed E-state index contributed by atoms with van der Waals surface area (Å²) in [6.45, 7) is 3.99. The van der Waals surface area contributed by atoms with Gasteiger partial charge < -0.3 is 4.74 Å². The minimum Gasteiger partial charge on any atom is -0.464 e. The van der Waals surface area contributed by atoms with Crippen LogP contribution in [0.25, 0.3) is 0 Å². The molecule has 0 fully saturated rings. The van der Waals surface area contributed by atoms with Gasteiger partial charge in [0.25, 0.3) is 0 Å². The summed E-state index contributed by atoms with van der Waals surface area (Å²) in [7, 11) is 0. The summed E-state index contributed by atoms with van der Waals surface area (Å²) in [6.07, 6.45) is 0.819. The van der Waals surface area contributed by atoms with Crippen LogP contribution in [0.15, 0.2) is 4.99 Å². The third kappa shape index (κ3) is 4.65. The van der Waals surface area contributed by atoms with Gasteiger partial charge in [-0.3, -0.25) is 0 Å². The van der Waals surface area contributed by atoms with Gasteiger partial charge in [0.2, 0.25) is 0 Å². The molecule has 0 N–H and O–H groups in total. The van der Waals surface area contributed by atoms with Crippen molar-refractivity contribution in [3.05, 3.63) is 0 Å². The second kappa shape index (κ2) is 6.01. The van der Waals surface area contributed by atoms with Crippen LogP contribution in [0.2, 0.25) is 0 Å². The first kappa shape index (κ1) is 10.3. The van der Waals surface area contributed by atoms with Crippen molar-refractivity contribution in [1.82, 2.24) is 0 Å². The van der Waals surface area contributed by atoms with Crippen molar-refractivity contribution in [1.29, 1.82) is 0 Å². The van der Waals surface area contributed by atoms with Crippen LogP contribution in [0.1, 0.15) is 20.3 Å². The number of nitrogens with zero attached hydrogens (tertiary/aromatic N) is 1. The molecular formula is C7H11NO2S. The fourth-order valence-electron chi connectivity index (χ4n) is 0.455. The maximum Gasteiger partial charge on any atom is 0.331 e. The van der Waals surface area contributed by atoms with E-state index in [0.29, 0.717) is 6.61 Å². The number of carbonyl (C=O) groups excluding carboxylic acids is 1. The SMILES string of the molecule is CCCOC(=O)[C@H](C)N=C=S. The molecule has 0 unspecified atom stereocenters. The molecular weight excluding hydrogens is 162 g/mol. The van der Waals surface area contributed by atoms with Crippen molar-refractivity contribution in [2.45, 2.75) is 26.3 Å². The number of aliphatic imine (C=N–C) groups is 1. The Labute approximate surface area is 71.5 Å². The van der Waals surface area contributed by atoms with Crippen molar-refractivity contribution >= 4 is 23.3 Å². The molecule has 0 aromatic carbocycles. The molecule has 0 amide bonds. The fourth-order valence-corrected chi connectivity index (χ4v) is 0.613. The monoisotopic (exact) mass is 173 g/mol. The first-order valence-electron chi connectivity index (χ1n) is 3.46. The van der Waals surface area contributed by atoms with Crippen LogP contribution in [-0.4, -0.2) is 23.8 Å². The maximum absolute atomic E-state index is 10.9. The normalized spacial score (nSPS) is 11.5. The van der Waals surface area contributed by atoms with Crippen LogP contribution in [0.5, 0.6) is 0 Å². The number of thiocarbonyl (C=S) groups is 1. The lowest BCUT2D eigenvalue weighted by Gasteiger charge is -2.03. The van der Waals surface area contributed by atoms with Crippen LogP contribution in [0.3, 0.4) is 0 Å². The quantitative estimate of drug-likeness (QED) is 0.367. The lowest BCUT2D eigenvalue weighted by atomic mass is 10.4. The van der Waals surface area contributed by atoms with Crippen molar-refractivity contribution in [3.8, 4) is 0 Å². The number of ether oxygens (including phenoxy) is 1. The molecule has 1 atom stereocenters. The zero-order chi connectivity index (χ0) is 8.69. The molecule has 62 valence electrons. The van der Waals surface area contributed by atoms with Crippen LogP contribution in [-0.2, 0) is 9.53 Å². The topological polar surface area (TPSA) is 38.7 Å². The van der Waals surface area contributed by atoms with Gasteiger partial charge in [-0.05, 0) is 25.6 Å². The van der Waals surface area contributed by atoms with Gasteiger partial charge >= 0.3 is 5.97 Å². The predicted octanol–water partition coefficient (Wildman–Crippen LogP) is 1.43. The van der Waals surface area contributed by atoms with Gasteiger partial charge in [-0.15, -0.1) is 0 Å². The van der Waals surface area contributed by atoms with E-state index in [1.54, 1.807) is 6.92 Å². The molecule has 3 nitrogen and oxygen atoms in total. The molecule has 0 saturated carbocycles. The Bertz CT molecular complexity index is 175. The zero-order valence-corrected chi connectivity index (χ0v) is 7.48. The highest BCUT2D eigenvalue weighted by atomic mass is 32.1. The van der Waals surface area contributed by atoms with E-state index in [1.165, 1.54) is 0 Å². The van der Waals surface area contributed by atoms with Crippen molar-refractivity contribution in [3.63, 3.8) is 0 Å². The van der Waals surface area contributed by atoms with E-state index in [-0.39, 0.29) is 5.97 Å². The molecule has 0 aliphatic heterocycles. The standard InChI is InChI=1S/C7H11NO2S/c1-3-4-10-7(9)6(2)8-5-11/h6H,3-4H2,1-2H3/t6-/m0/s1. The van der Waals surface area contributed by atoms with E-state index in [4.69, 9.17) is 4.74 Å². The second-order valence-corrected chi connectivity index (χ2v) is 2.25. The fraction of sp³-hybridized carbons (Fsp3) is 0.714. The average Bonchev–Trinajstić information content (AvgIpc) is 2.00. The summed E-state index contributed by atoms with van der Waals surface area (Å²) >= 11 is 4.34. The van der Waals surface area contributed by atoms with Gasteiger partial charge in [0, 0.05) is 0 Å². The highest BCUT2D eigenvalue weighted by Gasteiger charge is 2.10. The van der Waals surface area contributed by atoms with E-state index in [2.05, 4.69) is 22.4 Å². The van der Waals surface area contributed by atoms with Crippen molar-refractivity contribution < 1.29 is 9.53 Å². The summed E-state index contributed by atoms with van der Waals surface area (Å²) in [5.41, 5.74) is 0. The molecule has 0 saturated heterocycles. The van der Waals surface area contributed by atoms with E-state index in [1.807, 2.05) is 6.92 Å². The number of hydrogen-bond donors (Lipinski definition) is 0. The number of carbonyl (C=O) groups is 1. The maximum atomic E-state index is 10.9. The smallest absolute Gasteiger partial charge is 0.331 e. The molecule has 11 heavy (non-hydrogen) atoms. The van der Waals surface area contributed by atoms with Crippen LogP contribution < -0.4 is 0 Å². The highest BCUT2D eigenvalue weighted by Crippen LogP contribution is 1.93. The van der Waals surface area contributed by atoms with Crippen LogP contribution in [0.4, 0.5) is 0 Å². The van der Waals surface area contributed by atoms with E-state index >= 15 is 0 Å². The van der Waals surface area contributed by atoms with E-state index < -0.39 is 6.04 Å². The zero-order valence-electron chi connectivity index (χ0n) is 6.66. The minimum atomic E-state index is -0.515. The Morgan fingerprint density at radius 3 is 2.91 bits per heavy atom. The molecule has 0 spiro atoms. The summed E-state index contributed by atoms with van der Waals surface area (Å²) in [5.74, 6) is -0.343. The summed E-state index contributed by atoms with van der Waals surface area (Å²) in [4.78, 5) is 14.5. The molecule has 0 radical (unpaired) electrons. The largest absolute Gasteiger partial charge is 0.464 e. The summed E-state index contributed by atoms with van der Waals surface area (Å²) in [5, 5.41) is 2.13. The Morgan fingerprint density at radius 2 is 2.45 bits per heavy atom. The van der Waals surface area contributed by atoms with Crippen LogP contribution >= 0.6 is 12.2 Å². The van der Waals surface area contributed by atoms with Crippen LogP contribution in [0, 0.1) is 0 Å². The number of isothiocyanates is 1. The lowest BCUT2D eigenvalue weighted by Crippen LogP contribution is -2.18. The lowest BCUT2D eigenvalue weighted by molar-refractivity contribution is -0.144. The molecule has 4 heteroatoms. The molecule has 0 bridgehead atoms. The molecule has 0 aromatic heterocycles. The first-order chi connectivity index (χ1) is 5.22.